The zero-order chi connectivity index (χ0) is 22.2. The van der Waals surface area contributed by atoms with Crippen molar-refractivity contribution in [2.45, 2.75) is 24.4 Å². The normalized spacial score (nSPS) is 11.5. The summed E-state index contributed by atoms with van der Waals surface area (Å²) in [6.07, 6.45) is 0. The van der Waals surface area contributed by atoms with Crippen LogP contribution in [0.4, 0.5) is 4.39 Å². The average molecular weight is 465 g/mol. The molecule has 0 atom stereocenters. The molecule has 5 rings (SSSR count). The van der Waals surface area contributed by atoms with Gasteiger partial charge in [0.2, 0.25) is 5.78 Å². The highest BCUT2D eigenvalue weighted by atomic mass is 35.5. The van der Waals surface area contributed by atoms with E-state index in [1.165, 1.54) is 23.9 Å². The molecule has 5 nitrogen and oxygen atoms in total. The fourth-order valence-corrected chi connectivity index (χ4v) is 4.88. The minimum Gasteiger partial charge on any atom is -0.272 e. The fourth-order valence-electron chi connectivity index (χ4n) is 3.63. The molecule has 0 amide bonds. The van der Waals surface area contributed by atoms with Crippen molar-refractivity contribution in [3.05, 3.63) is 105 Å². The van der Waals surface area contributed by atoms with E-state index in [4.69, 9.17) is 11.6 Å². The molecule has 0 unspecified atom stereocenters. The van der Waals surface area contributed by atoms with E-state index in [0.717, 1.165) is 22.2 Å². The summed E-state index contributed by atoms with van der Waals surface area (Å²) in [5.74, 6) is 0.593. The van der Waals surface area contributed by atoms with Gasteiger partial charge >= 0.3 is 0 Å². The van der Waals surface area contributed by atoms with E-state index in [1.807, 2.05) is 59.9 Å². The van der Waals surface area contributed by atoms with E-state index < -0.39 is 0 Å². The maximum atomic E-state index is 13.4. The maximum absolute atomic E-state index is 13.4. The molecule has 160 valence electrons. The molecule has 0 saturated carbocycles. The lowest BCUT2D eigenvalue weighted by Gasteiger charge is -2.12. The number of benzene rings is 3. The smallest absolute Gasteiger partial charge is 0.263 e. The van der Waals surface area contributed by atoms with Crippen LogP contribution in [0.3, 0.4) is 0 Å². The first-order chi connectivity index (χ1) is 15.5. The lowest BCUT2D eigenvalue weighted by molar-refractivity contribution is 0.627. The van der Waals surface area contributed by atoms with Crippen molar-refractivity contribution in [1.82, 2.24) is 19.2 Å². The number of nitrogens with zero attached hydrogens (tertiary/aromatic N) is 4. The second-order valence-corrected chi connectivity index (χ2v) is 8.89. The van der Waals surface area contributed by atoms with Crippen molar-refractivity contribution in [3.8, 4) is 0 Å². The Hall–Kier alpha value is -3.16. The van der Waals surface area contributed by atoms with Crippen molar-refractivity contribution in [2.24, 2.45) is 0 Å². The second-order valence-electron chi connectivity index (χ2n) is 7.54. The van der Waals surface area contributed by atoms with E-state index in [9.17, 15) is 9.18 Å². The molecular weight excluding hydrogens is 447 g/mol. The summed E-state index contributed by atoms with van der Waals surface area (Å²) >= 11 is 7.62. The molecule has 3 aromatic carbocycles. The zero-order valence-corrected chi connectivity index (χ0v) is 18.7. The lowest BCUT2D eigenvalue weighted by Crippen LogP contribution is -2.24. The van der Waals surface area contributed by atoms with Crippen LogP contribution < -0.4 is 5.56 Å². The van der Waals surface area contributed by atoms with Crippen molar-refractivity contribution in [2.75, 3.05) is 0 Å². The highest BCUT2D eigenvalue weighted by Crippen LogP contribution is 2.28. The zero-order valence-electron chi connectivity index (χ0n) is 17.1. The van der Waals surface area contributed by atoms with Crippen LogP contribution in [0.2, 0.25) is 5.02 Å². The van der Waals surface area contributed by atoms with Crippen LogP contribution in [-0.2, 0) is 12.3 Å². The first-order valence-corrected chi connectivity index (χ1v) is 11.4. The Morgan fingerprint density at radius 1 is 1.03 bits per heavy atom. The van der Waals surface area contributed by atoms with Crippen molar-refractivity contribution < 1.29 is 4.39 Å². The van der Waals surface area contributed by atoms with E-state index >= 15 is 0 Å². The molecule has 32 heavy (non-hydrogen) atoms. The highest BCUT2D eigenvalue weighted by molar-refractivity contribution is 7.98. The number of hydrogen-bond acceptors (Lipinski definition) is 4. The summed E-state index contributed by atoms with van der Waals surface area (Å²) in [7, 11) is 0. The fraction of sp³-hybridized carbons (Fsp3) is 0.125. The standard InChI is InChI=1S/C24H18ClFN4OS/c1-15-6-8-16(9-7-15)13-29-22(31)19-4-2-3-5-21(19)30-23(29)27-28-24(30)32-14-17-10-11-18(26)12-20(17)25/h2-12H,13-14H2,1H3. The van der Waals surface area contributed by atoms with Crippen LogP contribution in [0.15, 0.2) is 76.7 Å². The molecule has 0 aliphatic rings. The number of thioether (sulfide) groups is 1. The van der Waals surface area contributed by atoms with Gasteiger partial charge in [-0.3, -0.25) is 13.8 Å². The maximum Gasteiger partial charge on any atom is 0.263 e. The predicted octanol–water partition coefficient (Wildman–Crippen LogP) is 5.49. The van der Waals surface area contributed by atoms with Gasteiger partial charge in [-0.05, 0) is 42.3 Å². The molecule has 5 aromatic rings. The number of aromatic nitrogens is 4. The summed E-state index contributed by atoms with van der Waals surface area (Å²) in [4.78, 5) is 13.3. The first-order valence-electron chi connectivity index (χ1n) is 10.0. The number of fused-ring (bicyclic) bond motifs is 3. The van der Waals surface area contributed by atoms with Crippen molar-refractivity contribution in [1.29, 1.82) is 0 Å². The van der Waals surface area contributed by atoms with E-state index in [0.29, 0.717) is 33.6 Å². The molecule has 0 saturated heterocycles. The van der Waals surface area contributed by atoms with Crippen LogP contribution in [0.25, 0.3) is 16.7 Å². The molecule has 2 aromatic heterocycles. The molecular formula is C24H18ClFN4OS. The quantitative estimate of drug-likeness (QED) is 0.323. The molecule has 0 aliphatic carbocycles. The van der Waals surface area contributed by atoms with E-state index in [-0.39, 0.29) is 11.4 Å². The predicted molar refractivity (Wildman–Crippen MR) is 126 cm³/mol. The summed E-state index contributed by atoms with van der Waals surface area (Å²) < 4.78 is 16.9. The van der Waals surface area contributed by atoms with Crippen LogP contribution in [0.1, 0.15) is 16.7 Å². The Kier molecular flexibility index (Phi) is 5.45. The van der Waals surface area contributed by atoms with Gasteiger partial charge in [0.1, 0.15) is 5.82 Å². The van der Waals surface area contributed by atoms with Crippen molar-refractivity contribution >= 4 is 40.0 Å². The third-order valence-electron chi connectivity index (χ3n) is 5.31. The van der Waals surface area contributed by atoms with Gasteiger partial charge < -0.3 is 0 Å². The number of aryl methyl sites for hydroxylation is 1. The van der Waals surface area contributed by atoms with Crippen LogP contribution in [0.5, 0.6) is 0 Å². The van der Waals surface area contributed by atoms with Gasteiger partial charge in [-0.2, -0.15) is 0 Å². The van der Waals surface area contributed by atoms with E-state index in [2.05, 4.69) is 10.2 Å². The Bertz CT molecular complexity index is 1510. The van der Waals surface area contributed by atoms with Gasteiger partial charge in [0, 0.05) is 10.8 Å². The summed E-state index contributed by atoms with van der Waals surface area (Å²) in [5.41, 5.74) is 3.59. The van der Waals surface area contributed by atoms with Gasteiger partial charge in [-0.1, -0.05) is 71.4 Å². The van der Waals surface area contributed by atoms with Crippen LogP contribution in [0, 0.1) is 12.7 Å². The average Bonchev–Trinajstić information content (AvgIpc) is 3.21. The van der Waals surface area contributed by atoms with E-state index in [1.54, 1.807) is 10.6 Å². The van der Waals surface area contributed by atoms with Gasteiger partial charge in [0.05, 0.1) is 17.4 Å². The Morgan fingerprint density at radius 2 is 1.81 bits per heavy atom. The Balaban J connectivity index is 1.62. The molecule has 2 heterocycles. The largest absolute Gasteiger partial charge is 0.272 e. The number of halogens is 2. The summed E-state index contributed by atoms with van der Waals surface area (Å²) in [6.45, 7) is 2.42. The SMILES string of the molecule is Cc1ccc(Cn2c(=O)c3ccccc3n3c(SCc4ccc(F)cc4Cl)nnc23)cc1. The molecule has 0 aliphatic heterocycles. The number of para-hydroxylation sites is 1. The third-order valence-corrected chi connectivity index (χ3v) is 6.64. The summed E-state index contributed by atoms with van der Waals surface area (Å²) in [5, 5.41) is 10.3. The molecule has 0 fully saturated rings. The Labute approximate surface area is 192 Å². The van der Waals surface area contributed by atoms with Crippen LogP contribution in [-0.4, -0.2) is 19.2 Å². The van der Waals surface area contributed by atoms with Gasteiger partial charge in [-0.15, -0.1) is 10.2 Å². The molecule has 0 N–H and O–H groups in total. The Morgan fingerprint density at radius 3 is 2.59 bits per heavy atom. The summed E-state index contributed by atoms with van der Waals surface area (Å²) in [6, 6.07) is 19.9. The number of rotatable bonds is 5. The first kappa shape index (κ1) is 20.7. The minimum absolute atomic E-state index is 0.112. The van der Waals surface area contributed by atoms with Gasteiger partial charge in [0.25, 0.3) is 5.56 Å². The molecule has 0 radical (unpaired) electrons. The molecule has 8 heteroatoms. The van der Waals surface area contributed by atoms with Gasteiger partial charge in [0.15, 0.2) is 5.16 Å². The number of hydrogen-bond donors (Lipinski definition) is 0. The molecule has 0 spiro atoms. The second kappa shape index (κ2) is 8.41. The van der Waals surface area contributed by atoms with Crippen LogP contribution >= 0.6 is 23.4 Å². The third kappa shape index (κ3) is 3.78. The monoisotopic (exact) mass is 464 g/mol. The molecule has 0 bridgehead atoms. The lowest BCUT2D eigenvalue weighted by atomic mass is 10.1. The van der Waals surface area contributed by atoms with Gasteiger partial charge in [-0.25, -0.2) is 4.39 Å². The topological polar surface area (TPSA) is 52.2 Å². The van der Waals surface area contributed by atoms with Crippen molar-refractivity contribution in [3.63, 3.8) is 0 Å². The highest BCUT2D eigenvalue weighted by Gasteiger charge is 2.17. The minimum atomic E-state index is -0.372.